The fraction of sp³-hybridized carbons (Fsp3) is 0.538. The van der Waals surface area contributed by atoms with Crippen molar-refractivity contribution in [2.75, 3.05) is 6.61 Å². The van der Waals surface area contributed by atoms with E-state index in [1.807, 2.05) is 18.2 Å². The van der Waals surface area contributed by atoms with Gasteiger partial charge >= 0.3 is 0 Å². The maximum Gasteiger partial charge on any atom is 0.0717 e. The SMILES string of the molecule is CC[C@H]1C[C@]1(N)COCc1ccccc1. The Morgan fingerprint density at radius 3 is 2.73 bits per heavy atom. The highest BCUT2D eigenvalue weighted by Gasteiger charge is 2.49. The lowest BCUT2D eigenvalue weighted by atomic mass is 10.2. The third-order valence-electron chi connectivity index (χ3n) is 3.25. The van der Waals surface area contributed by atoms with Gasteiger partial charge in [-0.05, 0) is 17.9 Å². The van der Waals surface area contributed by atoms with Crippen LogP contribution in [0.25, 0.3) is 0 Å². The normalized spacial score (nSPS) is 29.1. The maximum atomic E-state index is 6.14. The van der Waals surface area contributed by atoms with Crippen LogP contribution in [0.4, 0.5) is 0 Å². The first-order valence-electron chi connectivity index (χ1n) is 5.65. The van der Waals surface area contributed by atoms with E-state index >= 15 is 0 Å². The van der Waals surface area contributed by atoms with Crippen molar-refractivity contribution >= 4 is 0 Å². The summed E-state index contributed by atoms with van der Waals surface area (Å²) in [6.45, 7) is 3.56. The molecule has 2 N–H and O–H groups in total. The van der Waals surface area contributed by atoms with Crippen LogP contribution < -0.4 is 5.73 Å². The summed E-state index contributed by atoms with van der Waals surface area (Å²) >= 11 is 0. The summed E-state index contributed by atoms with van der Waals surface area (Å²) in [6, 6.07) is 10.2. The van der Waals surface area contributed by atoms with E-state index in [1.54, 1.807) is 0 Å². The number of hydrogen-bond donors (Lipinski definition) is 1. The Bertz CT molecular complexity index is 312. The Hall–Kier alpha value is -0.860. The molecule has 2 rings (SSSR count). The minimum absolute atomic E-state index is 0.0243. The summed E-state index contributed by atoms with van der Waals surface area (Å²) in [4.78, 5) is 0. The van der Waals surface area contributed by atoms with Crippen molar-refractivity contribution in [2.24, 2.45) is 11.7 Å². The molecule has 0 amide bonds. The van der Waals surface area contributed by atoms with E-state index in [1.165, 1.54) is 12.0 Å². The highest BCUT2D eigenvalue weighted by atomic mass is 16.5. The van der Waals surface area contributed by atoms with Gasteiger partial charge in [0.25, 0.3) is 0 Å². The molecule has 0 saturated heterocycles. The second kappa shape index (κ2) is 4.33. The number of rotatable bonds is 5. The molecule has 0 unspecified atom stereocenters. The van der Waals surface area contributed by atoms with Crippen molar-refractivity contribution in [3.05, 3.63) is 35.9 Å². The van der Waals surface area contributed by atoms with Gasteiger partial charge in [-0.15, -0.1) is 0 Å². The van der Waals surface area contributed by atoms with Gasteiger partial charge in [0.15, 0.2) is 0 Å². The van der Waals surface area contributed by atoms with Crippen molar-refractivity contribution < 1.29 is 4.74 Å². The van der Waals surface area contributed by atoms with E-state index in [4.69, 9.17) is 10.5 Å². The predicted octanol–water partition coefficient (Wildman–Crippen LogP) is 2.33. The molecular formula is C13H19NO. The molecule has 0 radical (unpaired) electrons. The molecule has 1 fully saturated rings. The molecule has 2 heteroatoms. The highest BCUT2D eigenvalue weighted by Crippen LogP contribution is 2.43. The van der Waals surface area contributed by atoms with Crippen LogP contribution in [0.5, 0.6) is 0 Å². The van der Waals surface area contributed by atoms with E-state index in [0.29, 0.717) is 19.1 Å². The molecule has 1 saturated carbocycles. The van der Waals surface area contributed by atoms with Gasteiger partial charge in [0.05, 0.1) is 13.2 Å². The molecule has 0 bridgehead atoms. The smallest absolute Gasteiger partial charge is 0.0717 e. The number of benzene rings is 1. The van der Waals surface area contributed by atoms with E-state index in [2.05, 4.69) is 19.1 Å². The zero-order chi connectivity index (χ0) is 10.7. The number of nitrogens with two attached hydrogens (primary N) is 1. The molecule has 82 valence electrons. The molecule has 1 aliphatic rings. The summed E-state index contributed by atoms with van der Waals surface area (Å²) in [5, 5.41) is 0. The van der Waals surface area contributed by atoms with Gasteiger partial charge < -0.3 is 10.5 Å². The number of hydrogen-bond acceptors (Lipinski definition) is 2. The molecule has 1 aliphatic carbocycles. The van der Waals surface area contributed by atoms with Crippen molar-refractivity contribution in [1.82, 2.24) is 0 Å². The van der Waals surface area contributed by atoms with Crippen LogP contribution in [0, 0.1) is 5.92 Å². The summed E-state index contributed by atoms with van der Waals surface area (Å²) in [5.41, 5.74) is 7.33. The van der Waals surface area contributed by atoms with Crippen molar-refractivity contribution in [3.8, 4) is 0 Å². The zero-order valence-corrected chi connectivity index (χ0v) is 9.28. The molecule has 15 heavy (non-hydrogen) atoms. The van der Waals surface area contributed by atoms with Crippen LogP contribution in [0.1, 0.15) is 25.3 Å². The monoisotopic (exact) mass is 205 g/mol. The Labute approximate surface area is 91.4 Å². The molecule has 2 atom stereocenters. The fourth-order valence-electron chi connectivity index (χ4n) is 2.06. The lowest BCUT2D eigenvalue weighted by Crippen LogP contribution is -2.31. The Kier molecular flexibility index (Phi) is 3.08. The summed E-state index contributed by atoms with van der Waals surface area (Å²) in [6.07, 6.45) is 2.30. The topological polar surface area (TPSA) is 35.2 Å². The first-order chi connectivity index (χ1) is 7.24. The van der Waals surface area contributed by atoms with Crippen LogP contribution >= 0.6 is 0 Å². The van der Waals surface area contributed by atoms with E-state index in [9.17, 15) is 0 Å². The number of ether oxygens (including phenoxy) is 1. The zero-order valence-electron chi connectivity index (χ0n) is 9.28. The van der Waals surface area contributed by atoms with Crippen LogP contribution in [0.2, 0.25) is 0 Å². The van der Waals surface area contributed by atoms with Crippen LogP contribution in [-0.4, -0.2) is 12.1 Å². The first kappa shape index (κ1) is 10.7. The lowest BCUT2D eigenvalue weighted by Gasteiger charge is -2.11. The van der Waals surface area contributed by atoms with Crippen LogP contribution in [-0.2, 0) is 11.3 Å². The van der Waals surface area contributed by atoms with Gasteiger partial charge in [0, 0.05) is 5.54 Å². The standard InChI is InChI=1S/C13H19NO/c1-2-12-8-13(12,14)10-15-9-11-6-4-3-5-7-11/h3-7,12H,2,8-10,14H2,1H3/t12-,13-/m0/s1. The quantitative estimate of drug-likeness (QED) is 0.800. The maximum absolute atomic E-state index is 6.14. The van der Waals surface area contributed by atoms with Crippen molar-refractivity contribution in [3.63, 3.8) is 0 Å². The summed E-state index contributed by atoms with van der Waals surface area (Å²) in [7, 11) is 0. The van der Waals surface area contributed by atoms with Crippen molar-refractivity contribution in [2.45, 2.75) is 31.9 Å². The van der Waals surface area contributed by atoms with E-state index in [-0.39, 0.29) is 5.54 Å². The Balaban J connectivity index is 1.72. The molecule has 0 spiro atoms. The minimum atomic E-state index is -0.0243. The average molecular weight is 205 g/mol. The summed E-state index contributed by atoms with van der Waals surface area (Å²) < 4.78 is 5.65. The second-order valence-corrected chi connectivity index (χ2v) is 4.52. The Morgan fingerprint density at radius 1 is 1.40 bits per heavy atom. The van der Waals surface area contributed by atoms with Gasteiger partial charge in [-0.2, -0.15) is 0 Å². The fourth-order valence-corrected chi connectivity index (χ4v) is 2.06. The predicted molar refractivity (Wildman–Crippen MR) is 61.4 cm³/mol. The van der Waals surface area contributed by atoms with E-state index in [0.717, 1.165) is 6.42 Å². The van der Waals surface area contributed by atoms with Crippen LogP contribution in [0.3, 0.4) is 0 Å². The van der Waals surface area contributed by atoms with E-state index < -0.39 is 0 Å². The third-order valence-corrected chi connectivity index (χ3v) is 3.25. The first-order valence-corrected chi connectivity index (χ1v) is 5.65. The average Bonchev–Trinajstić information content (AvgIpc) is 2.91. The van der Waals surface area contributed by atoms with Gasteiger partial charge in [-0.25, -0.2) is 0 Å². The molecule has 0 heterocycles. The van der Waals surface area contributed by atoms with Gasteiger partial charge in [0.2, 0.25) is 0 Å². The third kappa shape index (κ3) is 2.58. The largest absolute Gasteiger partial charge is 0.375 e. The van der Waals surface area contributed by atoms with Gasteiger partial charge in [0.1, 0.15) is 0 Å². The Morgan fingerprint density at radius 2 is 2.13 bits per heavy atom. The molecule has 1 aromatic rings. The van der Waals surface area contributed by atoms with Gasteiger partial charge in [-0.1, -0.05) is 43.7 Å². The molecule has 0 aliphatic heterocycles. The van der Waals surface area contributed by atoms with Crippen LogP contribution in [0.15, 0.2) is 30.3 Å². The second-order valence-electron chi connectivity index (χ2n) is 4.52. The lowest BCUT2D eigenvalue weighted by molar-refractivity contribution is 0.0978. The molecular weight excluding hydrogens is 186 g/mol. The summed E-state index contributed by atoms with van der Waals surface area (Å²) in [5.74, 6) is 0.674. The molecule has 1 aromatic carbocycles. The minimum Gasteiger partial charge on any atom is -0.375 e. The van der Waals surface area contributed by atoms with Crippen molar-refractivity contribution in [1.29, 1.82) is 0 Å². The van der Waals surface area contributed by atoms with Gasteiger partial charge in [-0.3, -0.25) is 0 Å². The molecule has 2 nitrogen and oxygen atoms in total. The highest BCUT2D eigenvalue weighted by molar-refractivity contribution is 5.13. The molecule has 0 aromatic heterocycles.